The maximum absolute atomic E-state index is 11.2. The minimum Gasteiger partial charge on any atom is -0.370 e. The molecule has 0 radical (unpaired) electrons. The first kappa shape index (κ1) is 12.4. The van der Waals surface area contributed by atoms with Crippen LogP contribution in [0.4, 0.5) is 0 Å². The molecule has 0 heterocycles. The van der Waals surface area contributed by atoms with Crippen LogP contribution in [-0.4, -0.2) is 31.9 Å². The molecule has 0 aromatic heterocycles. The van der Waals surface area contributed by atoms with Crippen molar-refractivity contribution in [2.24, 2.45) is 11.5 Å². The van der Waals surface area contributed by atoms with Crippen LogP contribution < -0.4 is 11.5 Å². The van der Waals surface area contributed by atoms with Gasteiger partial charge in [-0.15, -0.1) is 0 Å². The van der Waals surface area contributed by atoms with Crippen LogP contribution >= 0.6 is 0 Å². The lowest BCUT2D eigenvalue weighted by Gasteiger charge is -2.08. The molecule has 13 heavy (non-hydrogen) atoms. The van der Waals surface area contributed by atoms with Crippen molar-refractivity contribution in [1.82, 2.24) is 0 Å². The van der Waals surface area contributed by atoms with Crippen molar-refractivity contribution >= 4 is 15.7 Å². The van der Waals surface area contributed by atoms with Crippen LogP contribution in [0, 0.1) is 0 Å². The Bertz CT molecular complexity index is 261. The predicted molar refractivity (Wildman–Crippen MR) is 50.7 cm³/mol. The molecule has 4 N–H and O–H groups in total. The van der Waals surface area contributed by atoms with Gasteiger partial charge < -0.3 is 11.5 Å². The Morgan fingerprint density at radius 2 is 2.00 bits per heavy atom. The van der Waals surface area contributed by atoms with Crippen LogP contribution in [0.3, 0.4) is 0 Å². The van der Waals surface area contributed by atoms with E-state index in [2.05, 4.69) is 0 Å². The van der Waals surface area contributed by atoms with Gasteiger partial charge in [0, 0.05) is 12.5 Å². The molecule has 0 aliphatic rings. The van der Waals surface area contributed by atoms with E-state index in [4.69, 9.17) is 11.5 Å². The Morgan fingerprint density at radius 1 is 1.46 bits per heavy atom. The molecule has 1 unspecified atom stereocenters. The molecule has 1 atom stereocenters. The van der Waals surface area contributed by atoms with Gasteiger partial charge in [-0.1, -0.05) is 6.92 Å². The molecular weight excluding hydrogens is 192 g/mol. The summed E-state index contributed by atoms with van der Waals surface area (Å²) in [6.45, 7) is 1.81. The molecule has 0 aromatic carbocycles. The van der Waals surface area contributed by atoms with Gasteiger partial charge in [0.05, 0.1) is 11.5 Å². The third-order valence-corrected chi connectivity index (χ3v) is 3.41. The van der Waals surface area contributed by atoms with E-state index in [0.717, 1.165) is 0 Å². The smallest absolute Gasteiger partial charge is 0.218 e. The molecule has 0 aromatic rings. The number of carbonyl (C=O) groups excluding carboxylic acids is 1. The van der Waals surface area contributed by atoms with Crippen LogP contribution in [0.2, 0.25) is 0 Å². The molecule has 0 bridgehead atoms. The van der Waals surface area contributed by atoms with Gasteiger partial charge >= 0.3 is 0 Å². The number of amides is 1. The summed E-state index contributed by atoms with van der Waals surface area (Å²) in [6, 6.07) is -0.349. The number of sulfone groups is 1. The molecule has 0 aliphatic heterocycles. The van der Waals surface area contributed by atoms with Gasteiger partial charge in [-0.2, -0.15) is 0 Å². The third kappa shape index (κ3) is 6.53. The second-order valence-corrected chi connectivity index (χ2v) is 5.23. The predicted octanol–water partition coefficient (Wildman–Crippen LogP) is -0.986. The minimum atomic E-state index is -3.21. The van der Waals surface area contributed by atoms with Crippen molar-refractivity contribution in [2.45, 2.75) is 25.8 Å². The summed E-state index contributed by atoms with van der Waals surface area (Å²) < 4.78 is 22.4. The van der Waals surface area contributed by atoms with Crippen molar-refractivity contribution in [3.8, 4) is 0 Å². The van der Waals surface area contributed by atoms with Crippen LogP contribution in [0.5, 0.6) is 0 Å². The van der Waals surface area contributed by atoms with Gasteiger partial charge in [-0.25, -0.2) is 8.42 Å². The zero-order valence-electron chi connectivity index (χ0n) is 7.69. The van der Waals surface area contributed by atoms with Gasteiger partial charge in [0.1, 0.15) is 0 Å². The molecule has 5 nitrogen and oxygen atoms in total. The van der Waals surface area contributed by atoms with Crippen molar-refractivity contribution in [3.05, 3.63) is 0 Å². The normalized spacial score (nSPS) is 14.0. The Balaban J connectivity index is 4.02. The Morgan fingerprint density at radius 3 is 2.38 bits per heavy atom. The summed E-state index contributed by atoms with van der Waals surface area (Å²) in [6.07, 6.45) is 0.481. The molecule has 0 fully saturated rings. The van der Waals surface area contributed by atoms with Crippen LogP contribution in [-0.2, 0) is 14.6 Å². The van der Waals surface area contributed by atoms with Gasteiger partial charge in [0.15, 0.2) is 9.84 Å². The lowest BCUT2D eigenvalue weighted by atomic mass is 10.3. The van der Waals surface area contributed by atoms with Crippen molar-refractivity contribution in [1.29, 1.82) is 0 Å². The molecular formula is C7H16N2O3S. The lowest BCUT2D eigenvalue weighted by Crippen LogP contribution is -2.31. The fourth-order valence-corrected chi connectivity index (χ4v) is 2.35. The van der Waals surface area contributed by atoms with Crippen molar-refractivity contribution in [3.63, 3.8) is 0 Å². The molecule has 0 saturated heterocycles. The van der Waals surface area contributed by atoms with E-state index in [0.29, 0.717) is 6.42 Å². The van der Waals surface area contributed by atoms with Gasteiger partial charge in [0.25, 0.3) is 0 Å². The highest BCUT2D eigenvalue weighted by Gasteiger charge is 2.15. The monoisotopic (exact) mass is 208 g/mol. The van der Waals surface area contributed by atoms with Crippen LogP contribution in [0.15, 0.2) is 0 Å². The fraction of sp³-hybridized carbons (Fsp3) is 0.857. The number of hydrogen-bond donors (Lipinski definition) is 2. The lowest BCUT2D eigenvalue weighted by molar-refractivity contribution is -0.117. The van der Waals surface area contributed by atoms with Crippen molar-refractivity contribution in [2.75, 3.05) is 11.5 Å². The number of hydrogen-bond acceptors (Lipinski definition) is 4. The first-order valence-corrected chi connectivity index (χ1v) is 5.94. The highest BCUT2D eigenvalue weighted by molar-refractivity contribution is 7.91. The quantitative estimate of drug-likeness (QED) is 0.585. The molecule has 1 amide bonds. The summed E-state index contributed by atoms with van der Waals surface area (Å²) in [7, 11) is -3.21. The molecule has 0 saturated carbocycles. The topological polar surface area (TPSA) is 103 Å². The first-order chi connectivity index (χ1) is 5.87. The van der Waals surface area contributed by atoms with E-state index >= 15 is 0 Å². The van der Waals surface area contributed by atoms with E-state index in [9.17, 15) is 13.2 Å². The Hall–Kier alpha value is -0.620. The molecule has 78 valence electrons. The maximum Gasteiger partial charge on any atom is 0.218 e. The van der Waals surface area contributed by atoms with E-state index in [-0.39, 0.29) is 24.0 Å². The largest absolute Gasteiger partial charge is 0.370 e. The van der Waals surface area contributed by atoms with Gasteiger partial charge in [-0.3, -0.25) is 4.79 Å². The van der Waals surface area contributed by atoms with E-state index < -0.39 is 15.7 Å². The van der Waals surface area contributed by atoms with E-state index in [1.807, 2.05) is 6.92 Å². The standard InChI is InChI=1S/C7H16N2O3S/c1-2-6(8)5-13(11,12)4-3-7(9)10/h6H,2-5,8H2,1H3,(H2,9,10). The molecule has 0 aliphatic carbocycles. The summed E-state index contributed by atoms with van der Waals surface area (Å²) >= 11 is 0. The van der Waals surface area contributed by atoms with Crippen LogP contribution in [0.25, 0.3) is 0 Å². The number of rotatable bonds is 6. The summed E-state index contributed by atoms with van der Waals surface area (Å²) in [4.78, 5) is 10.3. The SMILES string of the molecule is CCC(N)CS(=O)(=O)CCC(N)=O. The zero-order chi connectivity index (χ0) is 10.5. The van der Waals surface area contributed by atoms with Crippen LogP contribution in [0.1, 0.15) is 19.8 Å². The number of primary amides is 1. The Labute approximate surface area is 78.4 Å². The second-order valence-electron chi connectivity index (χ2n) is 3.00. The summed E-state index contributed by atoms with van der Waals surface area (Å²) in [5.74, 6) is -0.874. The molecule has 0 rings (SSSR count). The summed E-state index contributed by atoms with van der Waals surface area (Å²) in [5, 5.41) is 0. The average Bonchev–Trinajstić information content (AvgIpc) is 2.00. The van der Waals surface area contributed by atoms with Gasteiger partial charge in [-0.05, 0) is 6.42 Å². The fourth-order valence-electron chi connectivity index (χ4n) is 0.783. The van der Waals surface area contributed by atoms with E-state index in [1.54, 1.807) is 0 Å². The number of nitrogens with two attached hydrogens (primary N) is 2. The minimum absolute atomic E-state index is 0.0726. The highest BCUT2D eigenvalue weighted by atomic mass is 32.2. The number of carbonyl (C=O) groups is 1. The van der Waals surface area contributed by atoms with E-state index in [1.165, 1.54) is 0 Å². The first-order valence-electron chi connectivity index (χ1n) is 4.11. The van der Waals surface area contributed by atoms with Gasteiger partial charge in [0.2, 0.25) is 5.91 Å². The Kier molecular flexibility index (Phi) is 4.94. The second kappa shape index (κ2) is 5.18. The third-order valence-electron chi connectivity index (χ3n) is 1.65. The average molecular weight is 208 g/mol. The zero-order valence-corrected chi connectivity index (χ0v) is 8.51. The summed E-state index contributed by atoms with van der Waals surface area (Å²) in [5.41, 5.74) is 10.3. The van der Waals surface area contributed by atoms with Crippen molar-refractivity contribution < 1.29 is 13.2 Å². The molecule has 0 spiro atoms. The maximum atomic E-state index is 11.2. The highest BCUT2D eigenvalue weighted by Crippen LogP contribution is 1.98. The molecule has 6 heteroatoms.